The van der Waals surface area contributed by atoms with E-state index in [9.17, 15) is 4.79 Å². The summed E-state index contributed by atoms with van der Waals surface area (Å²) >= 11 is 1.67. The van der Waals surface area contributed by atoms with E-state index in [1.54, 1.807) is 11.3 Å². The second-order valence-corrected chi connectivity index (χ2v) is 5.33. The summed E-state index contributed by atoms with van der Waals surface area (Å²) in [7, 11) is 0. The maximum absolute atomic E-state index is 11.2. The lowest BCUT2D eigenvalue weighted by molar-refractivity contribution is -0.120. The number of rotatable bonds is 2. The molecule has 0 unspecified atom stereocenters. The zero-order valence-electron chi connectivity index (χ0n) is 9.48. The number of hydrogen-bond donors (Lipinski definition) is 1. The maximum Gasteiger partial charge on any atom is 0.139 e. The molecule has 3 nitrogen and oxygen atoms in total. The van der Waals surface area contributed by atoms with E-state index >= 15 is 0 Å². The summed E-state index contributed by atoms with van der Waals surface area (Å²) in [6.07, 6.45) is 5.29. The predicted octanol–water partition coefficient (Wildman–Crippen LogP) is 3.36. The number of nitrogens with one attached hydrogen (secondary N) is 1. The molecule has 0 atom stereocenters. The van der Waals surface area contributed by atoms with Crippen molar-refractivity contribution in [1.82, 2.24) is 9.97 Å². The van der Waals surface area contributed by atoms with Gasteiger partial charge in [0.25, 0.3) is 0 Å². The minimum Gasteiger partial charge on any atom is -0.359 e. The third-order valence-corrected chi connectivity index (χ3v) is 4.21. The Morgan fingerprint density at radius 1 is 1.35 bits per heavy atom. The number of carbonyl (C=O) groups excluding carboxylic acids is 1. The fourth-order valence-corrected chi connectivity index (χ4v) is 3.19. The van der Waals surface area contributed by atoms with Gasteiger partial charge in [0.2, 0.25) is 0 Å². The van der Waals surface area contributed by atoms with Crippen molar-refractivity contribution in [1.29, 1.82) is 0 Å². The summed E-state index contributed by atoms with van der Waals surface area (Å²) in [5.41, 5.74) is 2.24. The van der Waals surface area contributed by atoms with Gasteiger partial charge in [-0.25, -0.2) is 4.98 Å². The standard InChI is InChI=1S/C13H14N2OS/c16-10-5-3-9(4-6-10)12-8-17-13(15-12)11-2-1-7-14-11/h1-2,7-9,14H,3-6H2. The Morgan fingerprint density at radius 2 is 2.18 bits per heavy atom. The van der Waals surface area contributed by atoms with Crippen LogP contribution in [0.15, 0.2) is 23.7 Å². The quantitative estimate of drug-likeness (QED) is 0.883. The van der Waals surface area contributed by atoms with E-state index in [-0.39, 0.29) is 0 Å². The zero-order chi connectivity index (χ0) is 11.7. The lowest BCUT2D eigenvalue weighted by Gasteiger charge is -2.18. The van der Waals surface area contributed by atoms with Crippen LogP contribution < -0.4 is 0 Å². The molecule has 0 radical (unpaired) electrons. The molecule has 88 valence electrons. The first kappa shape index (κ1) is 10.7. The Kier molecular flexibility index (Phi) is 2.81. The normalized spacial score (nSPS) is 17.5. The van der Waals surface area contributed by atoms with Crippen LogP contribution in [0.25, 0.3) is 10.7 Å². The Morgan fingerprint density at radius 3 is 2.88 bits per heavy atom. The van der Waals surface area contributed by atoms with E-state index in [1.807, 2.05) is 18.3 Å². The monoisotopic (exact) mass is 246 g/mol. The first-order valence-corrected chi connectivity index (χ1v) is 6.82. The van der Waals surface area contributed by atoms with Crippen molar-refractivity contribution in [3.63, 3.8) is 0 Å². The van der Waals surface area contributed by atoms with Gasteiger partial charge in [0.15, 0.2) is 0 Å². The molecule has 1 aliphatic carbocycles. The third-order valence-electron chi connectivity index (χ3n) is 3.31. The maximum atomic E-state index is 11.2. The Labute approximate surface area is 104 Å². The molecule has 0 aliphatic heterocycles. The van der Waals surface area contributed by atoms with Crippen LogP contribution in [0.1, 0.15) is 37.3 Å². The molecule has 0 spiro atoms. The van der Waals surface area contributed by atoms with Gasteiger partial charge >= 0.3 is 0 Å². The SMILES string of the molecule is O=C1CCC(c2csc(-c3ccc[nH]3)n2)CC1. The number of carbonyl (C=O) groups is 1. The largest absolute Gasteiger partial charge is 0.359 e. The number of ketones is 1. The first-order valence-electron chi connectivity index (χ1n) is 5.94. The molecule has 2 aromatic heterocycles. The van der Waals surface area contributed by atoms with Crippen LogP contribution in [-0.4, -0.2) is 15.8 Å². The van der Waals surface area contributed by atoms with Crippen LogP contribution in [0.4, 0.5) is 0 Å². The topological polar surface area (TPSA) is 45.8 Å². The molecule has 2 aromatic rings. The second-order valence-electron chi connectivity index (χ2n) is 4.47. The highest BCUT2D eigenvalue weighted by atomic mass is 32.1. The lowest BCUT2D eigenvalue weighted by Crippen LogP contribution is -2.12. The van der Waals surface area contributed by atoms with Crippen LogP contribution in [0.2, 0.25) is 0 Å². The summed E-state index contributed by atoms with van der Waals surface area (Å²) in [4.78, 5) is 19.1. The fourth-order valence-electron chi connectivity index (χ4n) is 2.30. The predicted molar refractivity (Wildman–Crippen MR) is 68.1 cm³/mol. The number of Topliss-reactive ketones (excluding diaryl/α,β-unsaturated/α-hetero) is 1. The third kappa shape index (κ3) is 2.17. The molecule has 1 saturated carbocycles. The van der Waals surface area contributed by atoms with Crippen LogP contribution >= 0.6 is 11.3 Å². The van der Waals surface area contributed by atoms with E-state index in [4.69, 9.17) is 0 Å². The number of thiazole rings is 1. The highest BCUT2D eigenvalue weighted by Gasteiger charge is 2.22. The number of hydrogen-bond acceptors (Lipinski definition) is 3. The van der Waals surface area contributed by atoms with Gasteiger partial charge in [-0.1, -0.05) is 0 Å². The van der Waals surface area contributed by atoms with Gasteiger partial charge in [0.05, 0.1) is 11.4 Å². The van der Waals surface area contributed by atoms with Crippen molar-refractivity contribution < 1.29 is 4.79 Å². The van der Waals surface area contributed by atoms with Gasteiger partial charge in [0.1, 0.15) is 10.8 Å². The molecular formula is C13H14N2OS. The van der Waals surface area contributed by atoms with Crippen LogP contribution in [-0.2, 0) is 4.79 Å². The molecule has 0 saturated heterocycles. The molecule has 0 aromatic carbocycles. The summed E-state index contributed by atoms with van der Waals surface area (Å²) in [5, 5.41) is 3.18. The number of aromatic amines is 1. The molecule has 1 N–H and O–H groups in total. The van der Waals surface area contributed by atoms with Crippen molar-refractivity contribution in [3.8, 4) is 10.7 Å². The minimum absolute atomic E-state index is 0.404. The smallest absolute Gasteiger partial charge is 0.139 e. The van der Waals surface area contributed by atoms with Gasteiger partial charge in [-0.05, 0) is 25.0 Å². The zero-order valence-corrected chi connectivity index (χ0v) is 10.3. The fraction of sp³-hybridized carbons (Fsp3) is 0.385. The van der Waals surface area contributed by atoms with Gasteiger partial charge in [-0.3, -0.25) is 4.79 Å². The Bertz CT molecular complexity index is 505. The van der Waals surface area contributed by atoms with Gasteiger partial charge < -0.3 is 4.98 Å². The van der Waals surface area contributed by atoms with Crippen molar-refractivity contribution >= 4 is 17.1 Å². The van der Waals surface area contributed by atoms with E-state index in [2.05, 4.69) is 15.3 Å². The average molecular weight is 246 g/mol. The molecule has 0 bridgehead atoms. The molecule has 0 amide bonds. The number of H-pyrrole nitrogens is 1. The molecule has 4 heteroatoms. The minimum atomic E-state index is 0.404. The molecular weight excluding hydrogens is 232 g/mol. The van der Waals surface area contributed by atoms with E-state index < -0.39 is 0 Å². The van der Waals surface area contributed by atoms with Gasteiger partial charge in [-0.15, -0.1) is 11.3 Å². The molecule has 2 heterocycles. The Hall–Kier alpha value is -1.42. The summed E-state index contributed by atoms with van der Waals surface area (Å²) in [6.45, 7) is 0. The van der Waals surface area contributed by atoms with E-state index in [0.29, 0.717) is 11.7 Å². The molecule has 17 heavy (non-hydrogen) atoms. The van der Waals surface area contributed by atoms with Crippen molar-refractivity contribution in [3.05, 3.63) is 29.4 Å². The number of aromatic nitrogens is 2. The molecule has 1 fully saturated rings. The molecule has 3 rings (SSSR count). The number of nitrogens with zero attached hydrogens (tertiary/aromatic N) is 1. The van der Waals surface area contributed by atoms with Gasteiger partial charge in [0, 0.05) is 30.3 Å². The van der Waals surface area contributed by atoms with Crippen molar-refractivity contribution in [2.75, 3.05) is 0 Å². The lowest BCUT2D eigenvalue weighted by atomic mass is 9.87. The summed E-state index contributed by atoms with van der Waals surface area (Å²) in [5.74, 6) is 0.883. The summed E-state index contributed by atoms with van der Waals surface area (Å²) in [6, 6.07) is 4.02. The average Bonchev–Trinajstić information content (AvgIpc) is 3.00. The van der Waals surface area contributed by atoms with E-state index in [1.165, 1.54) is 0 Å². The van der Waals surface area contributed by atoms with Crippen molar-refractivity contribution in [2.24, 2.45) is 0 Å². The highest BCUT2D eigenvalue weighted by molar-refractivity contribution is 7.13. The Balaban J connectivity index is 1.79. The van der Waals surface area contributed by atoms with Crippen LogP contribution in [0, 0.1) is 0 Å². The van der Waals surface area contributed by atoms with Gasteiger partial charge in [-0.2, -0.15) is 0 Å². The molecule has 1 aliphatic rings. The van der Waals surface area contributed by atoms with Crippen LogP contribution in [0.5, 0.6) is 0 Å². The van der Waals surface area contributed by atoms with E-state index in [0.717, 1.165) is 42.1 Å². The van der Waals surface area contributed by atoms with Crippen molar-refractivity contribution in [2.45, 2.75) is 31.6 Å². The van der Waals surface area contributed by atoms with Crippen LogP contribution in [0.3, 0.4) is 0 Å². The highest BCUT2D eigenvalue weighted by Crippen LogP contribution is 2.33. The second kappa shape index (κ2) is 4.45. The summed E-state index contributed by atoms with van der Waals surface area (Å²) < 4.78 is 0. The first-order chi connectivity index (χ1) is 8.33.